The molecule has 3 rings (SSSR count). The Kier molecular flexibility index (Phi) is 3.51. The molecule has 1 aromatic carbocycles. The van der Waals surface area contributed by atoms with Gasteiger partial charge < -0.3 is 15.3 Å². The molecule has 2 aromatic rings. The fourth-order valence-electron chi connectivity index (χ4n) is 2.03. The molecular formula is C15H13N3O3. The molecule has 0 saturated heterocycles. The number of amides is 1. The van der Waals surface area contributed by atoms with E-state index in [4.69, 9.17) is 4.84 Å². The normalized spacial score (nSPS) is 17.0. The molecule has 0 bridgehead atoms. The highest BCUT2D eigenvalue weighted by Gasteiger charge is 2.27. The number of carbonyl (C=O) groups is 1. The van der Waals surface area contributed by atoms with Gasteiger partial charge in [0, 0.05) is 12.6 Å². The van der Waals surface area contributed by atoms with Gasteiger partial charge in [0.25, 0.3) is 5.91 Å². The van der Waals surface area contributed by atoms with Crippen LogP contribution < -0.4 is 5.32 Å². The molecule has 6 heteroatoms. The molecule has 1 aromatic heterocycles. The van der Waals surface area contributed by atoms with Gasteiger partial charge in [0.1, 0.15) is 5.71 Å². The summed E-state index contributed by atoms with van der Waals surface area (Å²) >= 11 is 0. The van der Waals surface area contributed by atoms with Crippen LogP contribution in [0.3, 0.4) is 0 Å². The highest BCUT2D eigenvalue weighted by Crippen LogP contribution is 2.27. The van der Waals surface area contributed by atoms with E-state index in [-0.39, 0.29) is 23.4 Å². The van der Waals surface area contributed by atoms with Crippen LogP contribution in [0.15, 0.2) is 53.8 Å². The van der Waals surface area contributed by atoms with Crippen molar-refractivity contribution >= 4 is 17.4 Å². The third-order valence-electron chi connectivity index (χ3n) is 3.12. The van der Waals surface area contributed by atoms with Crippen LogP contribution in [0.2, 0.25) is 0 Å². The van der Waals surface area contributed by atoms with Gasteiger partial charge in [-0.3, -0.25) is 4.79 Å². The van der Waals surface area contributed by atoms with Crippen molar-refractivity contribution in [1.82, 2.24) is 4.98 Å². The molecule has 0 radical (unpaired) electrons. The zero-order valence-corrected chi connectivity index (χ0v) is 11.1. The highest BCUT2D eigenvalue weighted by molar-refractivity contribution is 6.43. The first-order chi connectivity index (χ1) is 10.2. The van der Waals surface area contributed by atoms with E-state index in [0.717, 1.165) is 5.56 Å². The predicted octanol–water partition coefficient (Wildman–Crippen LogP) is 2.24. The van der Waals surface area contributed by atoms with Crippen LogP contribution in [-0.4, -0.2) is 21.7 Å². The van der Waals surface area contributed by atoms with Crippen LogP contribution in [-0.2, 0) is 9.63 Å². The largest absolute Gasteiger partial charge is 0.504 e. The Morgan fingerprint density at radius 2 is 2.05 bits per heavy atom. The number of anilines is 1. The lowest BCUT2D eigenvalue weighted by atomic mass is 10.0. The topological polar surface area (TPSA) is 83.8 Å². The number of nitrogens with zero attached hydrogens (tertiary/aromatic N) is 2. The number of aromatic hydroxyl groups is 1. The molecule has 1 atom stereocenters. The fourth-order valence-corrected chi connectivity index (χ4v) is 2.03. The average molecular weight is 283 g/mol. The number of hydrogen-bond acceptors (Lipinski definition) is 5. The third-order valence-corrected chi connectivity index (χ3v) is 3.12. The molecule has 1 aliphatic heterocycles. The molecule has 1 aliphatic rings. The maximum Gasteiger partial charge on any atom is 0.274 e. The van der Waals surface area contributed by atoms with E-state index in [2.05, 4.69) is 15.5 Å². The number of carbonyl (C=O) groups excluding carboxylic acids is 1. The van der Waals surface area contributed by atoms with E-state index >= 15 is 0 Å². The smallest absolute Gasteiger partial charge is 0.274 e. The molecule has 1 amide bonds. The SMILES string of the molecule is O=C(Nc1ncccc1O)C1=NOC(c2ccccc2)C1. The Hall–Kier alpha value is -2.89. The molecule has 6 nitrogen and oxygen atoms in total. The van der Waals surface area contributed by atoms with Gasteiger partial charge in [0.2, 0.25) is 0 Å². The number of hydrogen-bond donors (Lipinski definition) is 2. The molecule has 2 N–H and O–H groups in total. The van der Waals surface area contributed by atoms with E-state index < -0.39 is 5.91 Å². The van der Waals surface area contributed by atoms with Crippen molar-refractivity contribution < 1.29 is 14.7 Å². The minimum absolute atomic E-state index is 0.0926. The summed E-state index contributed by atoms with van der Waals surface area (Å²) in [5, 5.41) is 15.9. The van der Waals surface area contributed by atoms with Crippen LogP contribution in [0.4, 0.5) is 5.82 Å². The monoisotopic (exact) mass is 283 g/mol. The number of oxime groups is 1. The quantitative estimate of drug-likeness (QED) is 0.904. The van der Waals surface area contributed by atoms with Crippen molar-refractivity contribution in [2.24, 2.45) is 5.16 Å². The molecule has 2 heterocycles. The van der Waals surface area contributed by atoms with Gasteiger partial charge in [-0.25, -0.2) is 4.98 Å². The average Bonchev–Trinajstić information content (AvgIpc) is 3.00. The van der Waals surface area contributed by atoms with E-state index in [0.29, 0.717) is 6.42 Å². The van der Waals surface area contributed by atoms with Gasteiger partial charge in [-0.2, -0.15) is 0 Å². The summed E-state index contributed by atoms with van der Waals surface area (Å²) in [5.41, 5.74) is 1.23. The Bertz CT molecular complexity index is 686. The predicted molar refractivity (Wildman–Crippen MR) is 76.9 cm³/mol. The number of pyridine rings is 1. The Labute approximate surface area is 121 Å². The van der Waals surface area contributed by atoms with E-state index in [1.54, 1.807) is 6.07 Å². The second-order valence-electron chi connectivity index (χ2n) is 4.57. The molecule has 21 heavy (non-hydrogen) atoms. The van der Waals surface area contributed by atoms with Crippen LogP contribution in [0.5, 0.6) is 5.75 Å². The third kappa shape index (κ3) is 2.84. The van der Waals surface area contributed by atoms with Crippen molar-refractivity contribution in [3.8, 4) is 5.75 Å². The molecule has 0 fully saturated rings. The number of rotatable bonds is 3. The summed E-state index contributed by atoms with van der Waals surface area (Å²) in [6.45, 7) is 0. The summed E-state index contributed by atoms with van der Waals surface area (Å²) < 4.78 is 0. The number of benzene rings is 1. The summed E-state index contributed by atoms with van der Waals surface area (Å²) in [6, 6.07) is 12.6. The lowest BCUT2D eigenvalue weighted by Crippen LogP contribution is -2.22. The Balaban J connectivity index is 1.66. The molecule has 0 saturated carbocycles. The van der Waals surface area contributed by atoms with Crippen molar-refractivity contribution in [3.05, 3.63) is 54.2 Å². The number of aromatic nitrogens is 1. The highest BCUT2D eigenvalue weighted by atomic mass is 16.6. The van der Waals surface area contributed by atoms with Gasteiger partial charge in [-0.15, -0.1) is 0 Å². The Morgan fingerprint density at radius 3 is 2.81 bits per heavy atom. The van der Waals surface area contributed by atoms with Gasteiger partial charge in [0.15, 0.2) is 17.7 Å². The summed E-state index contributed by atoms with van der Waals surface area (Å²) in [4.78, 5) is 21.2. The van der Waals surface area contributed by atoms with Crippen LogP contribution in [0.25, 0.3) is 0 Å². The fraction of sp³-hybridized carbons (Fsp3) is 0.133. The van der Waals surface area contributed by atoms with Crippen LogP contribution >= 0.6 is 0 Å². The first-order valence-electron chi connectivity index (χ1n) is 6.47. The van der Waals surface area contributed by atoms with Crippen molar-refractivity contribution in [1.29, 1.82) is 0 Å². The van der Waals surface area contributed by atoms with E-state index in [1.807, 2.05) is 30.3 Å². The van der Waals surface area contributed by atoms with Gasteiger partial charge in [0.05, 0.1) is 0 Å². The maximum absolute atomic E-state index is 12.1. The molecule has 0 aliphatic carbocycles. The standard InChI is InChI=1S/C15H13N3O3/c19-12-7-4-8-16-14(12)17-15(20)11-9-13(21-18-11)10-5-2-1-3-6-10/h1-8,13,19H,9H2,(H,16,17,20). The van der Waals surface area contributed by atoms with Crippen molar-refractivity contribution in [3.63, 3.8) is 0 Å². The molecular weight excluding hydrogens is 270 g/mol. The zero-order valence-electron chi connectivity index (χ0n) is 11.1. The van der Waals surface area contributed by atoms with Gasteiger partial charge in [-0.1, -0.05) is 35.5 Å². The summed E-state index contributed by atoms with van der Waals surface area (Å²) in [6.07, 6.45) is 1.60. The molecule has 106 valence electrons. The first-order valence-corrected chi connectivity index (χ1v) is 6.47. The van der Waals surface area contributed by atoms with Gasteiger partial charge in [-0.05, 0) is 17.7 Å². The van der Waals surface area contributed by atoms with Crippen LogP contribution in [0.1, 0.15) is 18.1 Å². The maximum atomic E-state index is 12.1. The second-order valence-corrected chi connectivity index (χ2v) is 4.57. The molecule has 0 spiro atoms. The zero-order chi connectivity index (χ0) is 14.7. The van der Waals surface area contributed by atoms with Crippen molar-refractivity contribution in [2.45, 2.75) is 12.5 Å². The lowest BCUT2D eigenvalue weighted by Gasteiger charge is -2.07. The minimum Gasteiger partial charge on any atom is -0.504 e. The summed E-state index contributed by atoms with van der Waals surface area (Å²) in [5.74, 6) is -0.416. The lowest BCUT2D eigenvalue weighted by molar-refractivity contribution is -0.110. The molecule has 1 unspecified atom stereocenters. The summed E-state index contributed by atoms with van der Waals surface area (Å²) in [7, 11) is 0. The van der Waals surface area contributed by atoms with E-state index in [9.17, 15) is 9.90 Å². The second kappa shape index (κ2) is 5.62. The van der Waals surface area contributed by atoms with Gasteiger partial charge >= 0.3 is 0 Å². The van der Waals surface area contributed by atoms with Crippen LogP contribution in [0, 0.1) is 0 Å². The minimum atomic E-state index is -0.428. The number of nitrogens with one attached hydrogen (secondary N) is 1. The first kappa shape index (κ1) is 13.1. The Morgan fingerprint density at radius 1 is 1.24 bits per heavy atom. The van der Waals surface area contributed by atoms with E-state index in [1.165, 1.54) is 12.3 Å². The van der Waals surface area contributed by atoms with Crippen molar-refractivity contribution in [2.75, 3.05) is 5.32 Å².